The van der Waals surface area contributed by atoms with Crippen molar-refractivity contribution in [2.75, 3.05) is 26.2 Å². The molecule has 166 valence electrons. The van der Waals surface area contributed by atoms with Gasteiger partial charge in [0.05, 0.1) is 19.6 Å². The maximum atomic E-state index is 4.96. The third-order valence-electron chi connectivity index (χ3n) is 7.01. The summed E-state index contributed by atoms with van der Waals surface area (Å²) < 4.78 is 1.29. The van der Waals surface area contributed by atoms with Crippen molar-refractivity contribution < 1.29 is 9.96 Å². The lowest BCUT2D eigenvalue weighted by Crippen LogP contribution is -2.55. The summed E-state index contributed by atoms with van der Waals surface area (Å²) in [6.45, 7) is 7.57. The van der Waals surface area contributed by atoms with Crippen molar-refractivity contribution in [2.45, 2.75) is 129 Å². The number of quaternary nitrogens is 1. The highest BCUT2D eigenvalue weighted by Crippen LogP contribution is 2.26. The molecule has 2 aliphatic rings. The molecule has 0 amide bonds. The molecule has 2 rings (SSSR count). The highest BCUT2D eigenvalue weighted by Gasteiger charge is 2.36. The lowest BCUT2D eigenvalue weighted by atomic mass is 10.0. The summed E-state index contributed by atoms with van der Waals surface area (Å²) in [7, 11) is 0. The quantitative estimate of drug-likeness (QED) is 0.209. The standard InChI is InChI=1S/C25H49N2.H2O/c1-2-3-4-5-6-7-8-9-10-11-12-13-14-17-22-27-23-18-15-16-20-25(27)26-21-19-24-27;/h2-24H2,1H3;1H2/q+1;/p-1. The molecule has 3 heteroatoms. The fourth-order valence-corrected chi connectivity index (χ4v) is 5.25. The van der Waals surface area contributed by atoms with E-state index in [-0.39, 0.29) is 5.48 Å². The molecule has 0 aromatic rings. The maximum Gasteiger partial charge on any atom is 0.198 e. The van der Waals surface area contributed by atoms with E-state index in [0.29, 0.717) is 0 Å². The van der Waals surface area contributed by atoms with E-state index >= 15 is 0 Å². The highest BCUT2D eigenvalue weighted by molar-refractivity contribution is 5.76. The second-order valence-corrected chi connectivity index (χ2v) is 9.37. The van der Waals surface area contributed by atoms with Gasteiger partial charge in [0.25, 0.3) is 0 Å². The lowest BCUT2D eigenvalue weighted by Gasteiger charge is -2.40. The second-order valence-electron chi connectivity index (χ2n) is 9.37. The van der Waals surface area contributed by atoms with E-state index in [1.165, 1.54) is 146 Å². The molecule has 0 bridgehead atoms. The van der Waals surface area contributed by atoms with Crippen molar-refractivity contribution in [1.82, 2.24) is 0 Å². The van der Waals surface area contributed by atoms with Crippen LogP contribution in [0, 0.1) is 0 Å². The number of fused-ring (bicyclic) bond motifs is 1. The predicted octanol–water partition coefficient (Wildman–Crippen LogP) is 7.48. The third kappa shape index (κ3) is 9.87. The smallest absolute Gasteiger partial charge is 0.198 e. The Morgan fingerprint density at radius 2 is 1.18 bits per heavy atom. The molecule has 28 heavy (non-hydrogen) atoms. The topological polar surface area (TPSA) is 42.4 Å². The molecule has 1 saturated heterocycles. The Kier molecular flexibility index (Phi) is 15.0. The zero-order valence-corrected chi connectivity index (χ0v) is 19.1. The van der Waals surface area contributed by atoms with E-state index < -0.39 is 0 Å². The van der Waals surface area contributed by atoms with Gasteiger partial charge in [-0.15, -0.1) is 0 Å². The molecular weight excluding hydrogens is 344 g/mol. The molecule has 0 radical (unpaired) electrons. The summed E-state index contributed by atoms with van der Waals surface area (Å²) in [6.07, 6.45) is 27.3. The Hall–Kier alpha value is -0.410. The molecule has 0 aliphatic carbocycles. The molecule has 0 aromatic carbocycles. The van der Waals surface area contributed by atoms with Crippen LogP contribution in [0.3, 0.4) is 0 Å². The summed E-state index contributed by atoms with van der Waals surface area (Å²) in [4.78, 5) is 4.96. The van der Waals surface area contributed by atoms with Crippen LogP contribution in [0.25, 0.3) is 0 Å². The molecular formula is C25H50N2O. The number of aliphatic imine (C=N–C) groups is 1. The van der Waals surface area contributed by atoms with Crippen molar-refractivity contribution >= 4 is 5.84 Å². The van der Waals surface area contributed by atoms with E-state index in [0.717, 1.165) is 6.54 Å². The van der Waals surface area contributed by atoms with Gasteiger partial charge in [0.15, 0.2) is 5.84 Å². The zero-order chi connectivity index (χ0) is 19.0. The van der Waals surface area contributed by atoms with Crippen LogP contribution in [0.5, 0.6) is 0 Å². The van der Waals surface area contributed by atoms with Crippen LogP contribution in [0.1, 0.15) is 129 Å². The SMILES string of the molecule is CCCCCCCCCCCCCCCC[N+]12CCCCCC1=NCCC2.[OH-]. The van der Waals surface area contributed by atoms with Gasteiger partial charge in [0.2, 0.25) is 0 Å². The van der Waals surface area contributed by atoms with Crippen molar-refractivity contribution in [3.63, 3.8) is 0 Å². The summed E-state index contributed by atoms with van der Waals surface area (Å²) in [5.74, 6) is 1.58. The highest BCUT2D eigenvalue weighted by atomic mass is 16.0. The lowest BCUT2D eigenvalue weighted by molar-refractivity contribution is -0.845. The zero-order valence-electron chi connectivity index (χ0n) is 19.1. The summed E-state index contributed by atoms with van der Waals surface area (Å²) in [5, 5.41) is 0. The van der Waals surface area contributed by atoms with E-state index in [1.54, 1.807) is 5.84 Å². The number of amidine groups is 1. The molecule has 0 aromatic heterocycles. The monoisotopic (exact) mass is 394 g/mol. The fraction of sp³-hybridized carbons (Fsp3) is 0.960. The van der Waals surface area contributed by atoms with Crippen LogP contribution in [0.2, 0.25) is 0 Å². The number of nitrogens with zero attached hydrogens (tertiary/aromatic N) is 2. The van der Waals surface area contributed by atoms with Gasteiger partial charge in [-0.25, -0.2) is 4.99 Å². The largest absolute Gasteiger partial charge is 0.870 e. The summed E-state index contributed by atoms with van der Waals surface area (Å²) >= 11 is 0. The Bertz CT molecular complexity index is 396. The minimum absolute atomic E-state index is 0. The van der Waals surface area contributed by atoms with Crippen LogP contribution in [-0.2, 0) is 0 Å². The molecule has 0 spiro atoms. The van der Waals surface area contributed by atoms with Crippen molar-refractivity contribution in [3.8, 4) is 0 Å². The fourth-order valence-electron chi connectivity index (χ4n) is 5.25. The minimum atomic E-state index is 0. The van der Waals surface area contributed by atoms with Crippen LogP contribution in [0.15, 0.2) is 4.99 Å². The van der Waals surface area contributed by atoms with Gasteiger partial charge >= 0.3 is 0 Å². The van der Waals surface area contributed by atoms with Gasteiger partial charge in [-0.2, -0.15) is 0 Å². The first-order valence-corrected chi connectivity index (χ1v) is 12.8. The van der Waals surface area contributed by atoms with Gasteiger partial charge in [-0.1, -0.05) is 84.0 Å². The van der Waals surface area contributed by atoms with Crippen molar-refractivity contribution in [1.29, 1.82) is 0 Å². The molecule has 1 N–H and O–H groups in total. The molecule has 1 fully saturated rings. The summed E-state index contributed by atoms with van der Waals surface area (Å²) in [6, 6.07) is 0. The van der Waals surface area contributed by atoms with E-state index in [2.05, 4.69) is 6.92 Å². The van der Waals surface area contributed by atoms with E-state index in [1.807, 2.05) is 0 Å². The first-order valence-electron chi connectivity index (χ1n) is 12.8. The predicted molar refractivity (Wildman–Crippen MR) is 122 cm³/mol. The van der Waals surface area contributed by atoms with Crippen LogP contribution < -0.4 is 0 Å². The van der Waals surface area contributed by atoms with Gasteiger partial charge in [-0.3, -0.25) is 4.48 Å². The van der Waals surface area contributed by atoms with Crippen molar-refractivity contribution in [2.24, 2.45) is 4.99 Å². The van der Waals surface area contributed by atoms with Gasteiger partial charge < -0.3 is 5.48 Å². The molecule has 0 saturated carbocycles. The molecule has 2 heterocycles. The Labute approximate surface area is 176 Å². The average Bonchev–Trinajstić information content (AvgIpc) is 2.91. The van der Waals surface area contributed by atoms with E-state index in [4.69, 9.17) is 4.99 Å². The third-order valence-corrected chi connectivity index (χ3v) is 7.01. The number of hydrogen-bond acceptors (Lipinski definition) is 2. The van der Waals surface area contributed by atoms with Crippen LogP contribution in [-0.4, -0.2) is 42.0 Å². The number of hydrogen-bond donors (Lipinski definition) is 0. The summed E-state index contributed by atoms with van der Waals surface area (Å²) in [5.41, 5.74) is 0. The van der Waals surface area contributed by atoms with Crippen LogP contribution >= 0.6 is 0 Å². The first-order chi connectivity index (χ1) is 13.4. The van der Waals surface area contributed by atoms with Gasteiger partial charge in [0, 0.05) is 19.4 Å². The first kappa shape index (κ1) is 25.6. The number of rotatable bonds is 15. The Balaban J connectivity index is 0.00000392. The Morgan fingerprint density at radius 1 is 0.643 bits per heavy atom. The minimum Gasteiger partial charge on any atom is -0.870 e. The normalized spacial score (nSPS) is 22.1. The maximum absolute atomic E-state index is 4.96. The molecule has 2 aliphatic heterocycles. The van der Waals surface area contributed by atoms with Crippen molar-refractivity contribution in [3.05, 3.63) is 0 Å². The molecule has 3 nitrogen and oxygen atoms in total. The van der Waals surface area contributed by atoms with Gasteiger partial charge in [-0.05, 0) is 32.1 Å². The van der Waals surface area contributed by atoms with Crippen LogP contribution in [0.4, 0.5) is 0 Å². The second kappa shape index (κ2) is 16.4. The van der Waals surface area contributed by atoms with Gasteiger partial charge in [0.1, 0.15) is 0 Å². The Morgan fingerprint density at radius 3 is 1.79 bits per heavy atom. The van der Waals surface area contributed by atoms with E-state index in [9.17, 15) is 0 Å². The molecule has 1 atom stereocenters. The molecule has 1 unspecified atom stereocenters. The number of unbranched alkanes of at least 4 members (excludes halogenated alkanes) is 13. The average molecular weight is 395 g/mol.